The highest BCUT2D eigenvalue weighted by atomic mass is 16.5. The molecule has 1 saturated heterocycles. The van der Waals surface area contributed by atoms with E-state index < -0.39 is 0 Å². The number of benzene rings is 1. The Bertz CT molecular complexity index is 1630. The van der Waals surface area contributed by atoms with Gasteiger partial charge in [0.1, 0.15) is 11.5 Å². The van der Waals surface area contributed by atoms with Crippen molar-refractivity contribution in [2.45, 2.75) is 25.5 Å². The summed E-state index contributed by atoms with van der Waals surface area (Å²) >= 11 is 0. The third kappa shape index (κ3) is 4.66. The first kappa shape index (κ1) is 23.6. The van der Waals surface area contributed by atoms with Crippen molar-refractivity contribution < 1.29 is 4.74 Å². The van der Waals surface area contributed by atoms with Gasteiger partial charge < -0.3 is 19.9 Å². The Morgan fingerprint density at radius 1 is 1.16 bits per heavy atom. The molecule has 1 aliphatic heterocycles. The molecule has 6 rings (SSSR count). The van der Waals surface area contributed by atoms with Gasteiger partial charge in [-0.05, 0) is 50.2 Å². The van der Waals surface area contributed by atoms with Gasteiger partial charge in [0.2, 0.25) is 11.8 Å². The number of nitrogens with zero attached hydrogens (tertiary/aromatic N) is 7. The zero-order chi connectivity index (χ0) is 25.9. The largest absolute Gasteiger partial charge is 0.474 e. The maximum atomic E-state index is 13.3. The first-order valence-electron chi connectivity index (χ1n) is 12.5. The standard InChI is InChI=1S/C27H27N9O2/c1-2-14-35-26(37)22-17-30-27(31-19-5-3-6-20(16-19)34-15-13-29-18-34)33-25(22)36(35)23-7-4-8-24(32-23)38-21-9-11-28-12-10-21/h2-8,13,15-18,21,28H,1,9-12,14H2,(H,30,31,33). The van der Waals surface area contributed by atoms with Crippen molar-refractivity contribution in [1.82, 2.24) is 39.2 Å². The third-order valence-corrected chi connectivity index (χ3v) is 6.38. The Morgan fingerprint density at radius 2 is 2.03 bits per heavy atom. The summed E-state index contributed by atoms with van der Waals surface area (Å²) in [6.45, 7) is 5.94. The van der Waals surface area contributed by atoms with E-state index in [0.717, 1.165) is 37.3 Å². The smallest absolute Gasteiger partial charge is 0.278 e. The number of anilines is 2. The number of nitrogens with one attached hydrogen (secondary N) is 2. The van der Waals surface area contributed by atoms with Gasteiger partial charge in [0, 0.05) is 36.0 Å². The van der Waals surface area contributed by atoms with E-state index in [1.54, 1.807) is 28.0 Å². The Hall–Kier alpha value is -4.77. The second kappa shape index (κ2) is 10.3. The third-order valence-electron chi connectivity index (χ3n) is 6.38. The fourth-order valence-corrected chi connectivity index (χ4v) is 4.57. The van der Waals surface area contributed by atoms with E-state index in [-0.39, 0.29) is 18.2 Å². The second-order valence-electron chi connectivity index (χ2n) is 8.97. The molecule has 1 fully saturated rings. The summed E-state index contributed by atoms with van der Waals surface area (Å²) in [5.74, 6) is 1.39. The van der Waals surface area contributed by atoms with E-state index in [4.69, 9.17) is 14.7 Å². The summed E-state index contributed by atoms with van der Waals surface area (Å²) in [6.07, 6.45) is 10.5. The van der Waals surface area contributed by atoms with Crippen molar-refractivity contribution in [3.05, 3.63) is 90.4 Å². The maximum absolute atomic E-state index is 13.3. The van der Waals surface area contributed by atoms with Crippen LogP contribution in [0.1, 0.15) is 12.8 Å². The zero-order valence-electron chi connectivity index (χ0n) is 20.7. The van der Waals surface area contributed by atoms with Crippen LogP contribution in [0.5, 0.6) is 5.88 Å². The Kier molecular flexibility index (Phi) is 6.40. The summed E-state index contributed by atoms with van der Waals surface area (Å²) in [4.78, 5) is 31.3. The Balaban J connectivity index is 1.38. The number of rotatable bonds is 8. The van der Waals surface area contributed by atoms with E-state index >= 15 is 0 Å². The van der Waals surface area contributed by atoms with E-state index in [1.165, 1.54) is 6.20 Å². The average Bonchev–Trinajstić information content (AvgIpc) is 3.57. The number of hydrogen-bond acceptors (Lipinski definition) is 8. The van der Waals surface area contributed by atoms with Gasteiger partial charge in [-0.1, -0.05) is 18.2 Å². The molecule has 38 heavy (non-hydrogen) atoms. The number of allylic oxidation sites excluding steroid dienone is 1. The minimum Gasteiger partial charge on any atom is -0.474 e. The highest BCUT2D eigenvalue weighted by Gasteiger charge is 2.20. The fraction of sp³-hybridized carbons (Fsp3) is 0.222. The molecule has 0 aliphatic carbocycles. The zero-order valence-corrected chi connectivity index (χ0v) is 20.7. The Labute approximate surface area is 218 Å². The van der Waals surface area contributed by atoms with Crippen molar-refractivity contribution in [1.29, 1.82) is 0 Å². The lowest BCUT2D eigenvalue weighted by molar-refractivity contribution is 0.156. The van der Waals surface area contributed by atoms with Crippen molar-refractivity contribution in [2.75, 3.05) is 18.4 Å². The summed E-state index contributed by atoms with van der Waals surface area (Å²) in [7, 11) is 0. The monoisotopic (exact) mass is 509 g/mol. The number of aromatic nitrogens is 7. The number of imidazole rings is 1. The van der Waals surface area contributed by atoms with Crippen LogP contribution in [0.15, 0.2) is 84.8 Å². The molecule has 11 heteroatoms. The lowest BCUT2D eigenvalue weighted by atomic mass is 10.1. The average molecular weight is 510 g/mol. The summed E-state index contributed by atoms with van der Waals surface area (Å²) in [5.41, 5.74) is 1.95. The molecule has 2 N–H and O–H groups in total. The van der Waals surface area contributed by atoms with Crippen LogP contribution < -0.4 is 20.9 Å². The van der Waals surface area contributed by atoms with Crippen LogP contribution in [-0.2, 0) is 6.54 Å². The maximum Gasteiger partial charge on any atom is 0.278 e. The lowest BCUT2D eigenvalue weighted by Gasteiger charge is -2.23. The van der Waals surface area contributed by atoms with Crippen molar-refractivity contribution in [3.8, 4) is 17.4 Å². The quantitative estimate of drug-likeness (QED) is 0.306. The summed E-state index contributed by atoms with van der Waals surface area (Å²) in [5, 5.41) is 6.98. The van der Waals surface area contributed by atoms with Crippen LogP contribution in [-0.4, -0.2) is 53.1 Å². The van der Waals surface area contributed by atoms with Gasteiger partial charge in [-0.25, -0.2) is 19.3 Å². The normalized spacial score (nSPS) is 14.0. The number of fused-ring (bicyclic) bond motifs is 1. The van der Waals surface area contributed by atoms with Crippen molar-refractivity contribution in [2.24, 2.45) is 0 Å². The van der Waals surface area contributed by atoms with Crippen LogP contribution in [0, 0.1) is 0 Å². The minimum atomic E-state index is -0.222. The molecule has 192 valence electrons. The van der Waals surface area contributed by atoms with Crippen LogP contribution in [0.4, 0.5) is 11.6 Å². The van der Waals surface area contributed by atoms with Gasteiger partial charge in [-0.15, -0.1) is 6.58 Å². The van der Waals surface area contributed by atoms with Crippen LogP contribution >= 0.6 is 0 Å². The van der Waals surface area contributed by atoms with Gasteiger partial charge in [-0.2, -0.15) is 9.97 Å². The molecule has 0 spiro atoms. The summed E-state index contributed by atoms with van der Waals surface area (Å²) < 4.78 is 11.3. The topological polar surface area (TPSA) is 117 Å². The van der Waals surface area contributed by atoms with Crippen molar-refractivity contribution in [3.63, 3.8) is 0 Å². The number of pyridine rings is 1. The predicted molar refractivity (Wildman–Crippen MR) is 144 cm³/mol. The van der Waals surface area contributed by atoms with E-state index in [9.17, 15) is 4.79 Å². The SMILES string of the molecule is C=CCn1c(=O)c2cnc(Nc3cccc(-n4ccnc4)c3)nc2n1-c1cccc(OC2CCNCC2)n1. The first-order chi connectivity index (χ1) is 18.7. The summed E-state index contributed by atoms with van der Waals surface area (Å²) in [6, 6.07) is 13.3. The van der Waals surface area contributed by atoms with Gasteiger partial charge in [0.05, 0.1) is 12.9 Å². The molecule has 1 aliphatic rings. The molecule has 4 aromatic heterocycles. The Morgan fingerprint density at radius 3 is 2.84 bits per heavy atom. The number of piperidine rings is 1. The predicted octanol–water partition coefficient (Wildman–Crippen LogP) is 3.22. The van der Waals surface area contributed by atoms with Gasteiger partial charge in [0.15, 0.2) is 11.5 Å². The molecular weight excluding hydrogens is 482 g/mol. The molecule has 0 amide bonds. The van der Waals surface area contributed by atoms with Gasteiger partial charge in [0.25, 0.3) is 5.56 Å². The van der Waals surface area contributed by atoms with E-state index in [0.29, 0.717) is 28.7 Å². The van der Waals surface area contributed by atoms with Crippen molar-refractivity contribution >= 4 is 22.7 Å². The second-order valence-corrected chi connectivity index (χ2v) is 8.97. The van der Waals surface area contributed by atoms with Crippen LogP contribution in [0.2, 0.25) is 0 Å². The molecular formula is C27H27N9O2. The lowest BCUT2D eigenvalue weighted by Crippen LogP contribution is -2.34. The molecule has 0 radical (unpaired) electrons. The molecule has 5 heterocycles. The number of hydrogen-bond donors (Lipinski definition) is 2. The molecule has 0 atom stereocenters. The van der Waals surface area contributed by atoms with Gasteiger partial charge in [-0.3, -0.25) is 4.79 Å². The van der Waals surface area contributed by atoms with Crippen LogP contribution in [0.3, 0.4) is 0 Å². The first-order valence-corrected chi connectivity index (χ1v) is 12.5. The molecule has 5 aromatic rings. The molecule has 1 aromatic carbocycles. The molecule has 11 nitrogen and oxygen atoms in total. The number of ether oxygens (including phenoxy) is 1. The van der Waals surface area contributed by atoms with Gasteiger partial charge >= 0.3 is 0 Å². The van der Waals surface area contributed by atoms with Crippen LogP contribution in [0.25, 0.3) is 22.5 Å². The van der Waals surface area contributed by atoms with E-state index in [1.807, 2.05) is 53.2 Å². The molecule has 0 unspecified atom stereocenters. The minimum absolute atomic E-state index is 0.104. The highest BCUT2D eigenvalue weighted by Crippen LogP contribution is 2.22. The molecule has 0 saturated carbocycles. The molecule has 0 bridgehead atoms. The van der Waals surface area contributed by atoms with E-state index in [2.05, 4.69) is 27.2 Å². The highest BCUT2D eigenvalue weighted by molar-refractivity contribution is 5.77. The fourth-order valence-electron chi connectivity index (χ4n) is 4.57.